The van der Waals surface area contributed by atoms with E-state index in [1.807, 2.05) is 29.8 Å². The number of primary amides is 1. The van der Waals surface area contributed by atoms with E-state index in [0.29, 0.717) is 37.1 Å². The summed E-state index contributed by atoms with van der Waals surface area (Å²) in [5.74, 6) is -0.416. The molecule has 0 atom stereocenters. The summed E-state index contributed by atoms with van der Waals surface area (Å²) in [5, 5.41) is 0. The maximum Gasteiger partial charge on any atom is 0.257 e. The zero-order chi connectivity index (χ0) is 15.0. The number of hydrogen-bond acceptors (Lipinski definition) is 3. The van der Waals surface area contributed by atoms with Crippen LogP contribution in [-0.2, 0) is 4.79 Å². The summed E-state index contributed by atoms with van der Waals surface area (Å²) >= 11 is 0. The second kappa shape index (κ2) is 5.20. The van der Waals surface area contributed by atoms with Crippen LogP contribution in [0.1, 0.15) is 28.9 Å². The number of aromatic nitrogens is 2. The van der Waals surface area contributed by atoms with Gasteiger partial charge >= 0.3 is 0 Å². The van der Waals surface area contributed by atoms with Crippen LogP contribution < -0.4 is 5.73 Å². The summed E-state index contributed by atoms with van der Waals surface area (Å²) in [7, 11) is 0. The molecule has 1 saturated heterocycles. The summed E-state index contributed by atoms with van der Waals surface area (Å²) < 4.78 is 1.86. The predicted octanol–water partition coefficient (Wildman–Crippen LogP) is 0.980. The molecule has 6 nitrogen and oxygen atoms in total. The van der Waals surface area contributed by atoms with Gasteiger partial charge in [0.05, 0.1) is 11.3 Å². The van der Waals surface area contributed by atoms with Gasteiger partial charge in [-0.2, -0.15) is 0 Å². The highest BCUT2D eigenvalue weighted by molar-refractivity contribution is 6.00. The highest BCUT2D eigenvalue weighted by Crippen LogP contribution is 2.20. The fourth-order valence-electron chi connectivity index (χ4n) is 2.84. The molecular formula is C15H18N4O2. The Morgan fingerprint density at radius 2 is 2.05 bits per heavy atom. The summed E-state index contributed by atoms with van der Waals surface area (Å²) in [6, 6.07) is 3.64. The highest BCUT2D eigenvalue weighted by atomic mass is 16.2. The molecule has 2 aromatic rings. The van der Waals surface area contributed by atoms with Crippen molar-refractivity contribution in [2.45, 2.75) is 19.8 Å². The molecule has 2 amide bonds. The van der Waals surface area contributed by atoms with Crippen LogP contribution in [0.15, 0.2) is 24.5 Å². The fourth-order valence-corrected chi connectivity index (χ4v) is 2.84. The van der Waals surface area contributed by atoms with Gasteiger partial charge in [0.1, 0.15) is 5.65 Å². The third-order valence-electron chi connectivity index (χ3n) is 4.02. The number of hydrogen-bond donors (Lipinski definition) is 1. The summed E-state index contributed by atoms with van der Waals surface area (Å²) in [4.78, 5) is 30.0. The van der Waals surface area contributed by atoms with Crippen molar-refractivity contribution < 1.29 is 9.59 Å². The van der Waals surface area contributed by atoms with Crippen molar-refractivity contribution in [2.24, 2.45) is 11.7 Å². The lowest BCUT2D eigenvalue weighted by Crippen LogP contribution is -2.41. The number of imidazole rings is 1. The average Bonchev–Trinajstić information content (AvgIpc) is 2.86. The Morgan fingerprint density at radius 3 is 2.71 bits per heavy atom. The van der Waals surface area contributed by atoms with Crippen molar-refractivity contribution >= 4 is 17.5 Å². The summed E-state index contributed by atoms with van der Waals surface area (Å²) in [6.07, 6.45) is 5.05. The molecule has 0 radical (unpaired) electrons. The van der Waals surface area contributed by atoms with E-state index in [4.69, 9.17) is 5.73 Å². The van der Waals surface area contributed by atoms with E-state index in [1.165, 1.54) is 0 Å². The van der Waals surface area contributed by atoms with E-state index in [-0.39, 0.29) is 17.7 Å². The maximum absolute atomic E-state index is 12.7. The monoisotopic (exact) mass is 286 g/mol. The minimum Gasteiger partial charge on any atom is -0.369 e. The van der Waals surface area contributed by atoms with Gasteiger partial charge in [-0.15, -0.1) is 0 Å². The first-order valence-electron chi connectivity index (χ1n) is 7.09. The van der Waals surface area contributed by atoms with Gasteiger partial charge < -0.3 is 15.0 Å². The lowest BCUT2D eigenvalue weighted by atomic mass is 9.96. The molecule has 3 heterocycles. The average molecular weight is 286 g/mol. The molecule has 6 heteroatoms. The second-order valence-electron chi connectivity index (χ2n) is 5.50. The molecule has 0 aromatic carbocycles. The first kappa shape index (κ1) is 13.6. The number of carbonyl (C=O) groups is 2. The largest absolute Gasteiger partial charge is 0.369 e. The maximum atomic E-state index is 12.7. The molecule has 0 bridgehead atoms. The number of nitrogens with zero attached hydrogens (tertiary/aromatic N) is 3. The number of carbonyl (C=O) groups excluding carboxylic acids is 2. The Bertz CT molecular complexity index is 699. The third-order valence-corrected chi connectivity index (χ3v) is 4.02. The van der Waals surface area contributed by atoms with E-state index in [2.05, 4.69) is 4.98 Å². The Balaban J connectivity index is 1.83. The van der Waals surface area contributed by atoms with Crippen LogP contribution in [0.4, 0.5) is 0 Å². The summed E-state index contributed by atoms with van der Waals surface area (Å²) in [6.45, 7) is 3.03. The Labute approximate surface area is 122 Å². The van der Waals surface area contributed by atoms with Crippen molar-refractivity contribution in [3.05, 3.63) is 35.8 Å². The first-order valence-corrected chi connectivity index (χ1v) is 7.09. The SMILES string of the molecule is Cc1cn2cccc(C(=O)N3CCC(C(N)=O)CC3)c2n1. The van der Waals surface area contributed by atoms with Crippen molar-refractivity contribution in [3.8, 4) is 0 Å². The number of nitrogens with two attached hydrogens (primary N) is 1. The van der Waals surface area contributed by atoms with Crippen LogP contribution in [0.2, 0.25) is 0 Å². The number of aryl methyl sites for hydroxylation is 1. The molecule has 0 aliphatic carbocycles. The van der Waals surface area contributed by atoms with Crippen LogP contribution >= 0.6 is 0 Å². The first-order chi connectivity index (χ1) is 10.1. The molecule has 0 spiro atoms. The quantitative estimate of drug-likeness (QED) is 0.893. The van der Waals surface area contributed by atoms with Crippen LogP contribution in [0.25, 0.3) is 5.65 Å². The number of amides is 2. The van der Waals surface area contributed by atoms with E-state index in [1.54, 1.807) is 11.0 Å². The van der Waals surface area contributed by atoms with E-state index in [0.717, 1.165) is 5.69 Å². The molecule has 1 aliphatic rings. The minimum absolute atomic E-state index is 0.0332. The Kier molecular flexibility index (Phi) is 3.37. The van der Waals surface area contributed by atoms with Crippen molar-refractivity contribution in [2.75, 3.05) is 13.1 Å². The topological polar surface area (TPSA) is 80.7 Å². The molecule has 110 valence electrons. The van der Waals surface area contributed by atoms with Gasteiger partial charge in [-0.25, -0.2) is 4.98 Å². The molecule has 0 saturated carbocycles. The van der Waals surface area contributed by atoms with Gasteiger partial charge in [0.25, 0.3) is 5.91 Å². The van der Waals surface area contributed by atoms with Crippen LogP contribution in [0.5, 0.6) is 0 Å². The smallest absolute Gasteiger partial charge is 0.257 e. The van der Waals surface area contributed by atoms with Gasteiger partial charge in [0.2, 0.25) is 5.91 Å². The third kappa shape index (κ3) is 2.49. The fraction of sp³-hybridized carbons (Fsp3) is 0.400. The van der Waals surface area contributed by atoms with Crippen molar-refractivity contribution in [1.29, 1.82) is 0 Å². The van der Waals surface area contributed by atoms with E-state index < -0.39 is 0 Å². The van der Waals surface area contributed by atoms with Gasteiger partial charge in [0.15, 0.2) is 0 Å². The molecule has 21 heavy (non-hydrogen) atoms. The van der Waals surface area contributed by atoms with Crippen LogP contribution in [0.3, 0.4) is 0 Å². The number of fused-ring (bicyclic) bond motifs is 1. The number of pyridine rings is 1. The molecule has 1 aliphatic heterocycles. The standard InChI is InChI=1S/C15H18N4O2/c1-10-9-19-6-2-3-12(14(19)17-10)15(21)18-7-4-11(5-8-18)13(16)20/h2-3,6,9,11H,4-5,7-8H2,1H3,(H2,16,20). The molecule has 0 unspecified atom stereocenters. The zero-order valence-electron chi connectivity index (χ0n) is 12.0. The van der Waals surface area contributed by atoms with Crippen LogP contribution in [0, 0.1) is 12.8 Å². The van der Waals surface area contributed by atoms with Gasteiger partial charge in [-0.05, 0) is 31.9 Å². The lowest BCUT2D eigenvalue weighted by molar-refractivity contribution is -0.123. The Morgan fingerprint density at radius 1 is 1.33 bits per heavy atom. The summed E-state index contributed by atoms with van der Waals surface area (Å²) in [5.41, 5.74) is 7.48. The zero-order valence-corrected chi connectivity index (χ0v) is 12.0. The van der Waals surface area contributed by atoms with Gasteiger partial charge in [-0.1, -0.05) is 0 Å². The lowest BCUT2D eigenvalue weighted by Gasteiger charge is -2.30. The number of rotatable bonds is 2. The molecule has 2 aromatic heterocycles. The molecule has 3 rings (SSSR count). The van der Waals surface area contributed by atoms with Gasteiger partial charge in [0, 0.05) is 31.4 Å². The minimum atomic E-state index is -0.270. The Hall–Kier alpha value is -2.37. The molecule has 2 N–H and O–H groups in total. The number of piperidine rings is 1. The van der Waals surface area contributed by atoms with Gasteiger partial charge in [-0.3, -0.25) is 9.59 Å². The highest BCUT2D eigenvalue weighted by Gasteiger charge is 2.27. The molecular weight excluding hydrogens is 268 g/mol. The van der Waals surface area contributed by atoms with Crippen molar-refractivity contribution in [1.82, 2.24) is 14.3 Å². The second-order valence-corrected chi connectivity index (χ2v) is 5.50. The van der Waals surface area contributed by atoms with E-state index in [9.17, 15) is 9.59 Å². The predicted molar refractivity (Wildman–Crippen MR) is 77.8 cm³/mol. The molecule has 1 fully saturated rings. The number of likely N-dealkylation sites (tertiary alicyclic amines) is 1. The van der Waals surface area contributed by atoms with E-state index >= 15 is 0 Å². The van der Waals surface area contributed by atoms with Crippen LogP contribution in [-0.4, -0.2) is 39.2 Å². The normalized spacial score (nSPS) is 16.3. The van der Waals surface area contributed by atoms with Crippen molar-refractivity contribution in [3.63, 3.8) is 0 Å².